The maximum atomic E-state index is 12.3. The minimum absolute atomic E-state index is 0.146. The van der Waals surface area contributed by atoms with Crippen LogP contribution in [0, 0.1) is 0 Å². The van der Waals surface area contributed by atoms with Crippen molar-refractivity contribution in [2.75, 3.05) is 0 Å². The van der Waals surface area contributed by atoms with E-state index in [1.54, 1.807) is 11.3 Å². The molecule has 3 aromatic rings. The fraction of sp³-hybridized carbons (Fsp3) is 0.188. The molecule has 2 aromatic heterocycles. The second-order valence-corrected chi connectivity index (χ2v) is 6.23. The minimum Gasteiger partial charge on any atom is -0.340 e. The van der Waals surface area contributed by atoms with E-state index in [9.17, 15) is 4.79 Å². The Bertz CT molecular complexity index is 772. The maximum Gasteiger partial charge on any atom is 0.192 e. The summed E-state index contributed by atoms with van der Waals surface area (Å²) in [6, 6.07) is 11.7. The first kappa shape index (κ1) is 13.4. The summed E-state index contributed by atoms with van der Waals surface area (Å²) in [5.74, 6) is 0.146. The number of carbonyl (C=O) groups excluding carboxylic acids is 1. The third-order valence-electron chi connectivity index (χ3n) is 3.36. The van der Waals surface area contributed by atoms with E-state index in [-0.39, 0.29) is 5.78 Å². The Balaban J connectivity index is 1.89. The lowest BCUT2D eigenvalue weighted by molar-refractivity contribution is 0.0977. The molecule has 0 unspecified atom stereocenters. The molecule has 0 radical (unpaired) electrons. The summed E-state index contributed by atoms with van der Waals surface area (Å²) < 4.78 is 1.95. The zero-order valence-corrected chi connectivity index (χ0v) is 12.7. The van der Waals surface area contributed by atoms with Gasteiger partial charge in [0.05, 0.1) is 11.4 Å². The van der Waals surface area contributed by atoms with Gasteiger partial charge in [0.1, 0.15) is 0 Å². The number of benzene rings is 1. The van der Waals surface area contributed by atoms with Crippen LogP contribution in [0.25, 0.3) is 10.9 Å². The van der Waals surface area contributed by atoms with Crippen LogP contribution in [-0.4, -0.2) is 10.4 Å². The van der Waals surface area contributed by atoms with Gasteiger partial charge in [-0.2, -0.15) is 0 Å². The highest BCUT2D eigenvalue weighted by Gasteiger charge is 2.12. The smallest absolute Gasteiger partial charge is 0.192 e. The lowest BCUT2D eigenvalue weighted by Gasteiger charge is -2.04. The van der Waals surface area contributed by atoms with Gasteiger partial charge in [-0.25, -0.2) is 0 Å². The predicted molar refractivity (Wildman–Crippen MR) is 85.0 cm³/mol. The fourth-order valence-electron chi connectivity index (χ4n) is 2.27. The standard InChI is InChI=1S/C16H14ClNOS/c1-2-11-6-7-16(20-11)15(19)10-18-9-8-12-13(17)4-3-5-14(12)18/h3-9H,2,10H2,1H3. The molecule has 102 valence electrons. The third-order valence-corrected chi connectivity index (χ3v) is 4.96. The van der Waals surface area contributed by atoms with Gasteiger partial charge in [-0.15, -0.1) is 11.3 Å². The van der Waals surface area contributed by atoms with E-state index in [2.05, 4.69) is 6.92 Å². The minimum atomic E-state index is 0.146. The molecule has 0 aliphatic heterocycles. The van der Waals surface area contributed by atoms with Crippen LogP contribution in [0.1, 0.15) is 21.5 Å². The van der Waals surface area contributed by atoms with E-state index in [1.807, 2.05) is 47.2 Å². The molecule has 3 rings (SSSR count). The normalized spacial score (nSPS) is 11.1. The summed E-state index contributed by atoms with van der Waals surface area (Å²) in [6.45, 7) is 2.45. The Morgan fingerprint density at radius 3 is 2.85 bits per heavy atom. The van der Waals surface area contributed by atoms with Crippen LogP contribution in [0.4, 0.5) is 0 Å². The third kappa shape index (κ3) is 2.39. The van der Waals surface area contributed by atoms with E-state index in [1.165, 1.54) is 4.88 Å². The maximum absolute atomic E-state index is 12.3. The predicted octanol–water partition coefficient (Wildman–Crippen LogP) is 4.80. The Kier molecular flexibility index (Phi) is 3.64. The number of fused-ring (bicyclic) bond motifs is 1. The monoisotopic (exact) mass is 303 g/mol. The molecule has 1 aromatic carbocycles. The number of ketones is 1. The van der Waals surface area contributed by atoms with Crippen LogP contribution in [0.15, 0.2) is 42.6 Å². The van der Waals surface area contributed by atoms with Crippen molar-refractivity contribution in [3.8, 4) is 0 Å². The number of nitrogens with zero attached hydrogens (tertiary/aromatic N) is 1. The Morgan fingerprint density at radius 1 is 1.25 bits per heavy atom. The summed E-state index contributed by atoms with van der Waals surface area (Å²) in [5, 5.41) is 1.71. The van der Waals surface area contributed by atoms with Gasteiger partial charge in [0.2, 0.25) is 0 Å². The van der Waals surface area contributed by atoms with Crippen molar-refractivity contribution in [3.63, 3.8) is 0 Å². The number of hydrogen-bond donors (Lipinski definition) is 0. The molecule has 0 aliphatic rings. The molecule has 2 heterocycles. The van der Waals surface area contributed by atoms with Crippen LogP contribution in [0.2, 0.25) is 5.02 Å². The molecular formula is C16H14ClNOS. The number of rotatable bonds is 4. The topological polar surface area (TPSA) is 22.0 Å². The van der Waals surface area contributed by atoms with Crippen molar-refractivity contribution in [1.82, 2.24) is 4.57 Å². The number of halogens is 1. The number of aryl methyl sites for hydroxylation is 1. The largest absolute Gasteiger partial charge is 0.340 e. The number of aromatic nitrogens is 1. The first-order chi connectivity index (χ1) is 9.69. The van der Waals surface area contributed by atoms with Gasteiger partial charge >= 0.3 is 0 Å². The molecule has 0 saturated carbocycles. The van der Waals surface area contributed by atoms with Crippen molar-refractivity contribution in [1.29, 1.82) is 0 Å². The van der Waals surface area contributed by atoms with Crippen LogP contribution < -0.4 is 0 Å². The molecule has 4 heteroatoms. The van der Waals surface area contributed by atoms with Crippen molar-refractivity contribution in [2.24, 2.45) is 0 Å². The first-order valence-electron chi connectivity index (χ1n) is 6.54. The molecule has 0 spiro atoms. The Hall–Kier alpha value is -1.58. The highest BCUT2D eigenvalue weighted by molar-refractivity contribution is 7.14. The first-order valence-corrected chi connectivity index (χ1v) is 7.73. The molecule has 0 saturated heterocycles. The average molecular weight is 304 g/mol. The van der Waals surface area contributed by atoms with Crippen LogP contribution in [0.3, 0.4) is 0 Å². The van der Waals surface area contributed by atoms with Gasteiger partial charge in [-0.1, -0.05) is 24.6 Å². The average Bonchev–Trinajstić information content (AvgIpc) is 3.07. The van der Waals surface area contributed by atoms with Gasteiger partial charge in [0.15, 0.2) is 5.78 Å². The van der Waals surface area contributed by atoms with E-state index < -0.39 is 0 Å². The van der Waals surface area contributed by atoms with Gasteiger partial charge in [0.25, 0.3) is 0 Å². The molecule has 0 bridgehead atoms. The van der Waals surface area contributed by atoms with Crippen LogP contribution >= 0.6 is 22.9 Å². The van der Waals surface area contributed by atoms with E-state index in [4.69, 9.17) is 11.6 Å². The van der Waals surface area contributed by atoms with Gasteiger partial charge in [-0.3, -0.25) is 4.79 Å². The van der Waals surface area contributed by atoms with Gasteiger partial charge in [-0.05, 0) is 36.8 Å². The van der Waals surface area contributed by atoms with E-state index in [0.29, 0.717) is 6.54 Å². The lowest BCUT2D eigenvalue weighted by Crippen LogP contribution is -2.07. The highest BCUT2D eigenvalue weighted by Crippen LogP contribution is 2.25. The van der Waals surface area contributed by atoms with Gasteiger partial charge in [0, 0.05) is 27.0 Å². The fourth-order valence-corrected chi connectivity index (χ4v) is 3.38. The Labute approximate surface area is 126 Å². The van der Waals surface area contributed by atoms with Gasteiger partial charge < -0.3 is 4.57 Å². The summed E-state index contributed by atoms with van der Waals surface area (Å²) >= 11 is 7.73. The molecule has 0 atom stereocenters. The SMILES string of the molecule is CCc1ccc(C(=O)Cn2ccc3c(Cl)cccc32)s1. The van der Waals surface area contributed by atoms with Crippen LogP contribution in [-0.2, 0) is 13.0 Å². The number of thiophene rings is 1. The second kappa shape index (κ2) is 5.43. The number of carbonyl (C=O) groups is 1. The Morgan fingerprint density at radius 2 is 2.10 bits per heavy atom. The highest BCUT2D eigenvalue weighted by atomic mass is 35.5. The van der Waals surface area contributed by atoms with E-state index in [0.717, 1.165) is 27.2 Å². The number of hydrogen-bond acceptors (Lipinski definition) is 2. The van der Waals surface area contributed by atoms with Crippen molar-refractivity contribution in [2.45, 2.75) is 19.9 Å². The zero-order valence-electron chi connectivity index (χ0n) is 11.1. The molecule has 0 fully saturated rings. The van der Waals surface area contributed by atoms with Crippen molar-refractivity contribution in [3.05, 3.63) is 57.4 Å². The van der Waals surface area contributed by atoms with Crippen molar-refractivity contribution >= 4 is 39.6 Å². The molecule has 0 N–H and O–H groups in total. The molecule has 2 nitrogen and oxygen atoms in total. The zero-order chi connectivity index (χ0) is 14.1. The summed E-state index contributed by atoms with van der Waals surface area (Å²) in [5.41, 5.74) is 0.998. The lowest BCUT2D eigenvalue weighted by atomic mass is 10.2. The summed E-state index contributed by atoms with van der Waals surface area (Å²) in [7, 11) is 0. The molecule has 0 amide bonds. The number of Topliss-reactive ketones (excluding diaryl/α,β-unsaturated/α-hetero) is 1. The van der Waals surface area contributed by atoms with E-state index >= 15 is 0 Å². The van der Waals surface area contributed by atoms with Crippen LogP contribution in [0.5, 0.6) is 0 Å². The molecular weight excluding hydrogens is 290 g/mol. The quantitative estimate of drug-likeness (QED) is 0.634. The second-order valence-electron chi connectivity index (χ2n) is 4.66. The molecule has 0 aliphatic carbocycles. The van der Waals surface area contributed by atoms with Crippen molar-refractivity contribution < 1.29 is 4.79 Å². The summed E-state index contributed by atoms with van der Waals surface area (Å²) in [6.07, 6.45) is 2.89. The molecule has 20 heavy (non-hydrogen) atoms. The summed E-state index contributed by atoms with van der Waals surface area (Å²) in [4.78, 5) is 14.4.